The van der Waals surface area contributed by atoms with Gasteiger partial charge in [0.1, 0.15) is 5.60 Å². The molecule has 78 valence electrons. The van der Waals surface area contributed by atoms with Crippen LogP contribution in [0.2, 0.25) is 0 Å². The Labute approximate surface area is 85.2 Å². The van der Waals surface area contributed by atoms with E-state index in [1.165, 1.54) is 5.56 Å². The minimum absolute atomic E-state index is 0.252. The lowest BCUT2D eigenvalue weighted by Gasteiger charge is -2.25. The summed E-state index contributed by atoms with van der Waals surface area (Å²) in [4.78, 5) is 0. The molecule has 1 aromatic rings. The monoisotopic (exact) mass is 194 g/mol. The number of aliphatic hydroxyl groups excluding tert-OH is 1. The fourth-order valence-corrected chi connectivity index (χ4v) is 2.11. The van der Waals surface area contributed by atoms with E-state index >= 15 is 0 Å². The van der Waals surface area contributed by atoms with Crippen LogP contribution in [-0.2, 0) is 5.60 Å². The number of hydrogen-bond acceptors (Lipinski definition) is 2. The van der Waals surface area contributed by atoms with Crippen LogP contribution in [0, 0.1) is 20.8 Å². The molecule has 0 bridgehead atoms. The van der Waals surface area contributed by atoms with Crippen LogP contribution in [0.1, 0.15) is 29.2 Å². The SMILES string of the molecule is Cc1cc(C)c(C(C)(O)CO)c(C)c1. The molecule has 0 aromatic heterocycles. The number of aliphatic hydroxyl groups is 2. The molecule has 14 heavy (non-hydrogen) atoms. The maximum atomic E-state index is 10.00. The fraction of sp³-hybridized carbons (Fsp3) is 0.500. The van der Waals surface area contributed by atoms with Crippen molar-refractivity contribution in [2.24, 2.45) is 0 Å². The molecule has 0 spiro atoms. The van der Waals surface area contributed by atoms with Gasteiger partial charge in [-0.05, 0) is 44.4 Å². The van der Waals surface area contributed by atoms with Crippen molar-refractivity contribution in [1.82, 2.24) is 0 Å². The first-order valence-corrected chi connectivity index (χ1v) is 4.80. The van der Waals surface area contributed by atoms with Crippen LogP contribution in [0.15, 0.2) is 12.1 Å². The van der Waals surface area contributed by atoms with E-state index in [-0.39, 0.29) is 6.61 Å². The highest BCUT2D eigenvalue weighted by Crippen LogP contribution is 2.27. The fourth-order valence-electron chi connectivity index (χ4n) is 2.11. The number of rotatable bonds is 2. The molecule has 2 heteroatoms. The highest BCUT2D eigenvalue weighted by Gasteiger charge is 2.25. The van der Waals surface area contributed by atoms with Crippen LogP contribution < -0.4 is 0 Å². The molecule has 1 aromatic carbocycles. The second-order valence-corrected chi connectivity index (χ2v) is 4.21. The third-order valence-electron chi connectivity index (χ3n) is 2.52. The van der Waals surface area contributed by atoms with E-state index in [1.54, 1.807) is 6.92 Å². The smallest absolute Gasteiger partial charge is 0.110 e. The van der Waals surface area contributed by atoms with Crippen LogP contribution in [0.3, 0.4) is 0 Å². The average Bonchev–Trinajstić information content (AvgIpc) is 2.01. The van der Waals surface area contributed by atoms with E-state index in [1.807, 2.05) is 32.9 Å². The van der Waals surface area contributed by atoms with E-state index in [2.05, 4.69) is 0 Å². The standard InChI is InChI=1S/C12H18O2/c1-8-5-9(2)11(10(3)6-8)12(4,14)7-13/h5-6,13-14H,7H2,1-4H3. The van der Waals surface area contributed by atoms with Crippen molar-refractivity contribution in [3.8, 4) is 0 Å². The van der Waals surface area contributed by atoms with Crippen molar-refractivity contribution in [2.75, 3.05) is 6.61 Å². The molecule has 0 aliphatic heterocycles. The molecule has 0 amide bonds. The highest BCUT2D eigenvalue weighted by atomic mass is 16.3. The molecule has 2 N–H and O–H groups in total. The zero-order valence-corrected chi connectivity index (χ0v) is 9.26. The van der Waals surface area contributed by atoms with Gasteiger partial charge in [0.05, 0.1) is 6.61 Å². The summed E-state index contributed by atoms with van der Waals surface area (Å²) in [5.41, 5.74) is 2.94. The molecular formula is C12H18O2. The van der Waals surface area contributed by atoms with Gasteiger partial charge in [0.15, 0.2) is 0 Å². The minimum atomic E-state index is -1.14. The zero-order chi connectivity index (χ0) is 10.9. The van der Waals surface area contributed by atoms with Crippen molar-refractivity contribution >= 4 is 0 Å². The van der Waals surface area contributed by atoms with Gasteiger partial charge in [-0.2, -0.15) is 0 Å². The Hall–Kier alpha value is -0.860. The Kier molecular flexibility index (Phi) is 2.98. The van der Waals surface area contributed by atoms with E-state index < -0.39 is 5.60 Å². The normalized spacial score (nSPS) is 15.3. The molecule has 0 aliphatic carbocycles. The Bertz CT molecular complexity index is 317. The Balaban J connectivity index is 3.35. The van der Waals surface area contributed by atoms with Crippen molar-refractivity contribution in [1.29, 1.82) is 0 Å². The van der Waals surface area contributed by atoms with Crippen molar-refractivity contribution in [3.05, 3.63) is 34.4 Å². The van der Waals surface area contributed by atoms with E-state index in [4.69, 9.17) is 5.11 Å². The van der Waals surface area contributed by atoms with Gasteiger partial charge in [0.2, 0.25) is 0 Å². The molecular weight excluding hydrogens is 176 g/mol. The predicted molar refractivity (Wildman–Crippen MR) is 57.3 cm³/mol. The maximum Gasteiger partial charge on any atom is 0.110 e. The molecule has 2 nitrogen and oxygen atoms in total. The Morgan fingerprint density at radius 1 is 1.14 bits per heavy atom. The molecule has 0 saturated carbocycles. The van der Waals surface area contributed by atoms with Crippen LogP contribution in [-0.4, -0.2) is 16.8 Å². The summed E-state index contributed by atoms with van der Waals surface area (Å²) in [5, 5.41) is 19.1. The summed E-state index contributed by atoms with van der Waals surface area (Å²) >= 11 is 0. The van der Waals surface area contributed by atoms with Crippen molar-refractivity contribution in [2.45, 2.75) is 33.3 Å². The molecule has 0 aliphatic rings. The summed E-state index contributed by atoms with van der Waals surface area (Å²) < 4.78 is 0. The molecule has 0 radical (unpaired) electrons. The van der Waals surface area contributed by atoms with E-state index in [9.17, 15) is 5.11 Å². The van der Waals surface area contributed by atoms with Crippen LogP contribution in [0.25, 0.3) is 0 Å². The van der Waals surface area contributed by atoms with Gasteiger partial charge in [0, 0.05) is 0 Å². The molecule has 1 unspecified atom stereocenters. The van der Waals surface area contributed by atoms with Gasteiger partial charge in [0.25, 0.3) is 0 Å². The van der Waals surface area contributed by atoms with Crippen LogP contribution in [0.5, 0.6) is 0 Å². The second-order valence-electron chi connectivity index (χ2n) is 4.21. The zero-order valence-electron chi connectivity index (χ0n) is 9.26. The minimum Gasteiger partial charge on any atom is -0.393 e. The Morgan fingerprint density at radius 3 is 1.93 bits per heavy atom. The van der Waals surface area contributed by atoms with Gasteiger partial charge < -0.3 is 10.2 Å². The lowest BCUT2D eigenvalue weighted by atomic mass is 9.87. The van der Waals surface area contributed by atoms with Gasteiger partial charge in [-0.3, -0.25) is 0 Å². The molecule has 0 heterocycles. The maximum absolute atomic E-state index is 10.00. The predicted octanol–water partition coefficient (Wildman–Crippen LogP) is 1.81. The quantitative estimate of drug-likeness (QED) is 0.753. The first kappa shape index (κ1) is 11.2. The van der Waals surface area contributed by atoms with Crippen LogP contribution in [0.4, 0.5) is 0 Å². The topological polar surface area (TPSA) is 40.5 Å². The van der Waals surface area contributed by atoms with Gasteiger partial charge in [-0.15, -0.1) is 0 Å². The third kappa shape index (κ3) is 1.97. The van der Waals surface area contributed by atoms with Crippen molar-refractivity contribution in [3.63, 3.8) is 0 Å². The van der Waals surface area contributed by atoms with Gasteiger partial charge >= 0.3 is 0 Å². The summed E-state index contributed by atoms with van der Waals surface area (Å²) in [6, 6.07) is 4.04. The van der Waals surface area contributed by atoms with Gasteiger partial charge in [-0.1, -0.05) is 17.7 Å². The Morgan fingerprint density at radius 2 is 1.57 bits per heavy atom. The molecule has 0 saturated heterocycles. The summed E-state index contributed by atoms with van der Waals surface area (Å²) in [6.45, 7) is 7.33. The largest absolute Gasteiger partial charge is 0.393 e. The number of benzene rings is 1. The second kappa shape index (κ2) is 3.71. The van der Waals surface area contributed by atoms with E-state index in [0.717, 1.165) is 16.7 Å². The average molecular weight is 194 g/mol. The van der Waals surface area contributed by atoms with Crippen molar-refractivity contribution < 1.29 is 10.2 Å². The third-order valence-corrected chi connectivity index (χ3v) is 2.52. The van der Waals surface area contributed by atoms with Crippen LogP contribution >= 0.6 is 0 Å². The summed E-state index contributed by atoms with van der Waals surface area (Å²) in [7, 11) is 0. The van der Waals surface area contributed by atoms with Gasteiger partial charge in [-0.25, -0.2) is 0 Å². The first-order valence-electron chi connectivity index (χ1n) is 4.80. The lowest BCUT2D eigenvalue weighted by Crippen LogP contribution is -2.28. The molecule has 1 atom stereocenters. The molecule has 0 fully saturated rings. The number of aryl methyl sites for hydroxylation is 3. The number of hydrogen-bond donors (Lipinski definition) is 2. The first-order chi connectivity index (χ1) is 6.38. The molecule has 1 rings (SSSR count). The van der Waals surface area contributed by atoms with E-state index in [0.29, 0.717) is 0 Å². The highest BCUT2D eigenvalue weighted by molar-refractivity contribution is 5.41. The lowest BCUT2D eigenvalue weighted by molar-refractivity contribution is -0.00328. The summed E-state index contributed by atoms with van der Waals surface area (Å²) in [6.07, 6.45) is 0. The summed E-state index contributed by atoms with van der Waals surface area (Å²) in [5.74, 6) is 0.